The summed E-state index contributed by atoms with van der Waals surface area (Å²) in [7, 11) is 0. The van der Waals surface area contributed by atoms with E-state index in [0.717, 1.165) is 28.7 Å². The van der Waals surface area contributed by atoms with Crippen LogP contribution in [0.4, 0.5) is 0 Å². The second-order valence-electron chi connectivity index (χ2n) is 3.82. The van der Waals surface area contributed by atoms with Crippen LogP contribution >= 0.6 is 15.9 Å². The summed E-state index contributed by atoms with van der Waals surface area (Å²) in [4.78, 5) is 0. The van der Waals surface area contributed by atoms with Gasteiger partial charge in [0.25, 0.3) is 0 Å². The maximum atomic E-state index is 9.09. The molecule has 0 bridgehead atoms. The predicted molar refractivity (Wildman–Crippen MR) is 66.0 cm³/mol. The predicted octanol–water partition coefficient (Wildman–Crippen LogP) is 3.96. The van der Waals surface area contributed by atoms with E-state index in [0.29, 0.717) is 5.92 Å². The van der Waals surface area contributed by atoms with Crippen molar-refractivity contribution in [3.63, 3.8) is 0 Å². The van der Waals surface area contributed by atoms with E-state index in [2.05, 4.69) is 47.3 Å². The Labute approximate surface area is 100 Å². The number of halogens is 1. The Hall–Kier alpha value is -0.750. The quantitative estimate of drug-likeness (QED) is 0.816. The van der Waals surface area contributed by atoms with Crippen LogP contribution in [0.5, 0.6) is 0 Å². The fraction of sp³-hybridized carbons (Fsp3) is 0.583. The highest BCUT2D eigenvalue weighted by Crippen LogP contribution is 2.34. The first kappa shape index (κ1) is 12.3. The highest BCUT2D eigenvalue weighted by atomic mass is 79.9. The zero-order chi connectivity index (χ0) is 11.6. The first-order chi connectivity index (χ1) is 7.08. The van der Waals surface area contributed by atoms with Gasteiger partial charge in [0, 0.05) is 17.9 Å². The molecular weight excluding hydrogens is 252 g/mol. The van der Waals surface area contributed by atoms with Gasteiger partial charge in [-0.1, -0.05) is 13.8 Å². The standard InChI is InChI=1S/C12H17BrN2/c1-5-8(3)12-11(13)10(7-14)9(4)15(12)6-2/h8H,5-6H2,1-4H3. The molecule has 1 aromatic heterocycles. The van der Waals surface area contributed by atoms with Gasteiger partial charge < -0.3 is 4.57 Å². The zero-order valence-corrected chi connectivity index (χ0v) is 11.3. The molecule has 1 rings (SSSR count). The van der Waals surface area contributed by atoms with Crippen molar-refractivity contribution >= 4 is 15.9 Å². The lowest BCUT2D eigenvalue weighted by Crippen LogP contribution is -2.05. The fourth-order valence-corrected chi connectivity index (χ4v) is 2.91. The Kier molecular flexibility index (Phi) is 3.98. The summed E-state index contributed by atoms with van der Waals surface area (Å²) in [6.45, 7) is 9.43. The minimum atomic E-state index is 0.486. The first-order valence-electron chi connectivity index (χ1n) is 5.36. The zero-order valence-electron chi connectivity index (χ0n) is 9.76. The molecule has 15 heavy (non-hydrogen) atoms. The number of aromatic nitrogens is 1. The van der Waals surface area contributed by atoms with Crippen LogP contribution in [-0.2, 0) is 6.54 Å². The van der Waals surface area contributed by atoms with Gasteiger partial charge in [0.1, 0.15) is 6.07 Å². The minimum absolute atomic E-state index is 0.486. The van der Waals surface area contributed by atoms with Gasteiger partial charge in [-0.2, -0.15) is 5.26 Å². The van der Waals surface area contributed by atoms with Gasteiger partial charge in [-0.15, -0.1) is 0 Å². The third kappa shape index (κ3) is 1.96. The molecule has 0 radical (unpaired) electrons. The number of nitrogens with zero attached hydrogens (tertiary/aromatic N) is 2. The Morgan fingerprint density at radius 2 is 2.07 bits per heavy atom. The summed E-state index contributed by atoms with van der Waals surface area (Å²) in [5, 5.41) is 9.09. The normalized spacial score (nSPS) is 12.5. The highest BCUT2D eigenvalue weighted by Gasteiger charge is 2.20. The molecule has 0 saturated carbocycles. The molecule has 82 valence electrons. The molecule has 0 aliphatic heterocycles. The van der Waals surface area contributed by atoms with Crippen LogP contribution in [0.1, 0.15) is 50.1 Å². The largest absolute Gasteiger partial charge is 0.346 e. The van der Waals surface area contributed by atoms with Crippen LogP contribution in [0.2, 0.25) is 0 Å². The van der Waals surface area contributed by atoms with Crippen molar-refractivity contribution in [3.8, 4) is 6.07 Å². The molecule has 0 aliphatic carbocycles. The summed E-state index contributed by atoms with van der Waals surface area (Å²) >= 11 is 3.55. The van der Waals surface area contributed by atoms with E-state index < -0.39 is 0 Å². The van der Waals surface area contributed by atoms with Crippen LogP contribution in [0.25, 0.3) is 0 Å². The summed E-state index contributed by atoms with van der Waals surface area (Å²) < 4.78 is 3.22. The van der Waals surface area contributed by atoms with Crippen molar-refractivity contribution in [1.82, 2.24) is 4.57 Å². The minimum Gasteiger partial charge on any atom is -0.346 e. The average molecular weight is 269 g/mol. The van der Waals surface area contributed by atoms with E-state index in [9.17, 15) is 0 Å². The maximum absolute atomic E-state index is 9.09. The van der Waals surface area contributed by atoms with Crippen LogP contribution in [0.3, 0.4) is 0 Å². The van der Waals surface area contributed by atoms with Crippen LogP contribution in [-0.4, -0.2) is 4.57 Å². The molecule has 0 N–H and O–H groups in total. The smallest absolute Gasteiger partial charge is 0.102 e. The molecule has 0 saturated heterocycles. The Balaban J connectivity index is 3.44. The highest BCUT2D eigenvalue weighted by molar-refractivity contribution is 9.10. The maximum Gasteiger partial charge on any atom is 0.102 e. The lowest BCUT2D eigenvalue weighted by atomic mass is 10.0. The topological polar surface area (TPSA) is 28.7 Å². The van der Waals surface area contributed by atoms with Gasteiger partial charge in [-0.25, -0.2) is 0 Å². The third-order valence-corrected chi connectivity index (χ3v) is 3.81. The fourth-order valence-electron chi connectivity index (χ4n) is 1.93. The SMILES string of the molecule is CCC(C)c1c(Br)c(C#N)c(C)n1CC. The molecule has 1 heterocycles. The van der Waals surface area contributed by atoms with E-state index in [1.54, 1.807) is 0 Å². The molecule has 0 aromatic carbocycles. The molecule has 0 fully saturated rings. The van der Waals surface area contributed by atoms with E-state index in [4.69, 9.17) is 5.26 Å². The van der Waals surface area contributed by atoms with Crippen LogP contribution < -0.4 is 0 Å². The molecule has 1 atom stereocenters. The third-order valence-electron chi connectivity index (χ3n) is 3.01. The first-order valence-corrected chi connectivity index (χ1v) is 6.16. The Morgan fingerprint density at radius 1 is 1.47 bits per heavy atom. The summed E-state index contributed by atoms with van der Waals surface area (Å²) in [6, 6.07) is 2.27. The second kappa shape index (κ2) is 4.85. The number of rotatable bonds is 3. The number of hydrogen-bond donors (Lipinski definition) is 0. The number of hydrogen-bond acceptors (Lipinski definition) is 1. The molecule has 0 amide bonds. The van der Waals surface area contributed by atoms with E-state index >= 15 is 0 Å². The molecule has 0 spiro atoms. The molecule has 1 unspecified atom stereocenters. The molecule has 1 aromatic rings. The van der Waals surface area contributed by atoms with Gasteiger partial charge in [0.05, 0.1) is 10.0 Å². The van der Waals surface area contributed by atoms with Crippen LogP contribution in [0.15, 0.2) is 4.47 Å². The van der Waals surface area contributed by atoms with Crippen molar-refractivity contribution in [2.75, 3.05) is 0 Å². The van der Waals surface area contributed by atoms with Crippen molar-refractivity contribution in [1.29, 1.82) is 5.26 Å². The number of nitriles is 1. The lowest BCUT2D eigenvalue weighted by molar-refractivity contribution is 0.615. The molecular formula is C12H17BrN2. The van der Waals surface area contributed by atoms with E-state index in [1.807, 2.05) is 6.92 Å². The van der Waals surface area contributed by atoms with Crippen LogP contribution in [0, 0.1) is 18.3 Å². The lowest BCUT2D eigenvalue weighted by Gasteiger charge is -2.14. The second-order valence-corrected chi connectivity index (χ2v) is 4.62. The summed E-state index contributed by atoms with van der Waals surface area (Å²) in [5.41, 5.74) is 3.11. The van der Waals surface area contributed by atoms with Crippen molar-refractivity contribution in [3.05, 3.63) is 21.4 Å². The molecule has 3 heteroatoms. The van der Waals surface area contributed by atoms with Gasteiger partial charge in [0.15, 0.2) is 0 Å². The van der Waals surface area contributed by atoms with Gasteiger partial charge in [-0.05, 0) is 42.1 Å². The summed E-state index contributed by atoms with van der Waals surface area (Å²) in [5.74, 6) is 0.486. The van der Waals surface area contributed by atoms with Gasteiger partial charge >= 0.3 is 0 Å². The Morgan fingerprint density at radius 3 is 2.47 bits per heavy atom. The van der Waals surface area contributed by atoms with E-state index in [-0.39, 0.29) is 0 Å². The van der Waals surface area contributed by atoms with Crippen molar-refractivity contribution in [2.45, 2.75) is 46.6 Å². The molecule has 2 nitrogen and oxygen atoms in total. The Bertz CT molecular complexity index is 399. The van der Waals surface area contributed by atoms with Gasteiger partial charge in [0.2, 0.25) is 0 Å². The van der Waals surface area contributed by atoms with Gasteiger partial charge in [-0.3, -0.25) is 0 Å². The molecule has 0 aliphatic rings. The van der Waals surface area contributed by atoms with Crippen molar-refractivity contribution < 1.29 is 0 Å². The van der Waals surface area contributed by atoms with E-state index in [1.165, 1.54) is 5.69 Å². The summed E-state index contributed by atoms with van der Waals surface area (Å²) in [6.07, 6.45) is 1.09. The van der Waals surface area contributed by atoms with Crippen molar-refractivity contribution in [2.24, 2.45) is 0 Å². The monoisotopic (exact) mass is 268 g/mol. The average Bonchev–Trinajstić information content (AvgIpc) is 2.48.